The molecule has 0 bridgehead atoms. The highest BCUT2D eigenvalue weighted by molar-refractivity contribution is 7.91. The van der Waals surface area contributed by atoms with E-state index < -0.39 is 9.84 Å². The third-order valence-corrected chi connectivity index (χ3v) is 7.05. The number of aryl methyl sites for hydroxylation is 1. The molecule has 1 atom stereocenters. The summed E-state index contributed by atoms with van der Waals surface area (Å²) in [5.74, 6) is 1.36. The van der Waals surface area contributed by atoms with Crippen LogP contribution in [-0.4, -0.2) is 74.5 Å². The van der Waals surface area contributed by atoms with Gasteiger partial charge in [-0.2, -0.15) is 0 Å². The van der Waals surface area contributed by atoms with E-state index >= 15 is 0 Å². The number of carbonyl (C=O) groups excluding carboxylic acids is 1. The zero-order valence-corrected chi connectivity index (χ0v) is 16.4. The third-order valence-electron chi connectivity index (χ3n) is 5.30. The number of amides is 1. The average molecular weight is 381 g/mol. The zero-order valence-electron chi connectivity index (χ0n) is 15.6. The topological polar surface area (TPSA) is 66.9 Å². The highest BCUT2D eigenvalue weighted by Gasteiger charge is 2.32. The minimum Gasteiger partial charge on any atom is -0.490 e. The summed E-state index contributed by atoms with van der Waals surface area (Å²) in [6, 6.07) is 7.99. The van der Waals surface area contributed by atoms with Gasteiger partial charge in [0.25, 0.3) is 0 Å². The van der Waals surface area contributed by atoms with E-state index in [4.69, 9.17) is 4.74 Å². The van der Waals surface area contributed by atoms with Crippen molar-refractivity contribution in [3.63, 3.8) is 0 Å². The van der Waals surface area contributed by atoms with Gasteiger partial charge in [-0.05, 0) is 38.1 Å². The lowest BCUT2D eigenvalue weighted by molar-refractivity contribution is -0.134. The zero-order chi connectivity index (χ0) is 18.7. The number of nitrogens with zero attached hydrogens (tertiary/aromatic N) is 2. The molecule has 7 heteroatoms. The van der Waals surface area contributed by atoms with Crippen molar-refractivity contribution < 1.29 is 17.9 Å². The van der Waals surface area contributed by atoms with Gasteiger partial charge in [0.05, 0.1) is 18.1 Å². The SMILES string of the molecule is Cc1cccc(OC2CCN(C(=O)CN(C)[C@@H]3CCS(=O)(=O)C3)CC2)c1. The number of likely N-dealkylation sites (tertiary alicyclic amines) is 1. The van der Waals surface area contributed by atoms with Gasteiger partial charge in [0.15, 0.2) is 9.84 Å². The Morgan fingerprint density at radius 3 is 2.62 bits per heavy atom. The Labute approximate surface area is 156 Å². The molecule has 1 aromatic carbocycles. The van der Waals surface area contributed by atoms with Gasteiger partial charge in [-0.3, -0.25) is 9.69 Å². The Morgan fingerprint density at radius 1 is 1.27 bits per heavy atom. The highest BCUT2D eigenvalue weighted by Crippen LogP contribution is 2.21. The lowest BCUT2D eigenvalue weighted by Crippen LogP contribution is -2.47. The summed E-state index contributed by atoms with van der Waals surface area (Å²) in [6.45, 7) is 3.70. The number of hydrogen-bond acceptors (Lipinski definition) is 5. The van der Waals surface area contributed by atoms with Crippen LogP contribution in [0, 0.1) is 6.92 Å². The van der Waals surface area contributed by atoms with Crippen LogP contribution >= 0.6 is 0 Å². The molecule has 3 rings (SSSR count). The van der Waals surface area contributed by atoms with Crippen LogP contribution in [0.25, 0.3) is 0 Å². The molecule has 26 heavy (non-hydrogen) atoms. The summed E-state index contributed by atoms with van der Waals surface area (Å²) in [7, 11) is -1.08. The third kappa shape index (κ3) is 4.98. The molecule has 1 aromatic rings. The Morgan fingerprint density at radius 2 is 2.00 bits per heavy atom. The fourth-order valence-corrected chi connectivity index (χ4v) is 5.47. The van der Waals surface area contributed by atoms with Crippen molar-refractivity contribution in [2.24, 2.45) is 0 Å². The summed E-state index contributed by atoms with van der Waals surface area (Å²) in [5, 5.41) is 0. The van der Waals surface area contributed by atoms with E-state index in [1.807, 2.05) is 48.0 Å². The van der Waals surface area contributed by atoms with Crippen molar-refractivity contribution in [3.05, 3.63) is 29.8 Å². The van der Waals surface area contributed by atoms with E-state index in [-0.39, 0.29) is 36.1 Å². The molecule has 0 aliphatic carbocycles. The fourth-order valence-electron chi connectivity index (χ4n) is 3.67. The molecule has 0 spiro atoms. The predicted octanol–water partition coefficient (Wildman–Crippen LogP) is 1.48. The summed E-state index contributed by atoms with van der Waals surface area (Å²) in [6.07, 6.45) is 2.40. The number of benzene rings is 1. The first-order valence-electron chi connectivity index (χ1n) is 9.24. The van der Waals surface area contributed by atoms with Gasteiger partial charge in [0, 0.05) is 32.0 Å². The second-order valence-corrected chi connectivity index (χ2v) is 9.72. The van der Waals surface area contributed by atoms with Crippen molar-refractivity contribution in [2.75, 3.05) is 38.2 Å². The van der Waals surface area contributed by atoms with Crippen molar-refractivity contribution >= 4 is 15.7 Å². The maximum Gasteiger partial charge on any atom is 0.236 e. The summed E-state index contributed by atoms with van der Waals surface area (Å²) >= 11 is 0. The fraction of sp³-hybridized carbons (Fsp3) is 0.632. The number of sulfone groups is 1. The predicted molar refractivity (Wildman–Crippen MR) is 101 cm³/mol. The molecule has 2 aliphatic heterocycles. The largest absolute Gasteiger partial charge is 0.490 e. The second-order valence-electron chi connectivity index (χ2n) is 7.49. The van der Waals surface area contributed by atoms with Crippen molar-refractivity contribution in [3.8, 4) is 5.75 Å². The molecule has 6 nitrogen and oxygen atoms in total. The molecule has 144 valence electrons. The van der Waals surface area contributed by atoms with Crippen LogP contribution < -0.4 is 4.74 Å². The molecule has 2 heterocycles. The van der Waals surface area contributed by atoms with E-state index in [0.29, 0.717) is 19.5 Å². The quantitative estimate of drug-likeness (QED) is 0.774. The first-order chi connectivity index (χ1) is 12.3. The van der Waals surface area contributed by atoms with E-state index in [0.717, 1.165) is 18.6 Å². The molecule has 0 aromatic heterocycles. The van der Waals surface area contributed by atoms with Gasteiger partial charge >= 0.3 is 0 Å². The average Bonchev–Trinajstić information content (AvgIpc) is 2.95. The number of ether oxygens (including phenoxy) is 1. The highest BCUT2D eigenvalue weighted by atomic mass is 32.2. The van der Waals surface area contributed by atoms with Crippen molar-refractivity contribution in [1.29, 1.82) is 0 Å². The molecular weight excluding hydrogens is 352 g/mol. The van der Waals surface area contributed by atoms with E-state index in [9.17, 15) is 13.2 Å². The van der Waals surface area contributed by atoms with Crippen molar-refractivity contribution in [1.82, 2.24) is 9.80 Å². The van der Waals surface area contributed by atoms with Gasteiger partial charge in [-0.15, -0.1) is 0 Å². The van der Waals surface area contributed by atoms with Gasteiger partial charge in [-0.1, -0.05) is 12.1 Å². The summed E-state index contributed by atoms with van der Waals surface area (Å²) in [5.41, 5.74) is 1.17. The summed E-state index contributed by atoms with van der Waals surface area (Å²) in [4.78, 5) is 16.3. The van der Waals surface area contributed by atoms with E-state index in [1.54, 1.807) is 0 Å². The molecular formula is C19H28N2O4S. The lowest BCUT2D eigenvalue weighted by atomic mass is 10.1. The van der Waals surface area contributed by atoms with Crippen LogP contribution in [0.3, 0.4) is 0 Å². The molecule has 0 saturated carbocycles. The smallest absolute Gasteiger partial charge is 0.236 e. The molecule has 2 fully saturated rings. The molecule has 1 amide bonds. The lowest BCUT2D eigenvalue weighted by Gasteiger charge is -2.34. The Balaban J connectivity index is 1.45. The minimum absolute atomic E-state index is 0.0360. The van der Waals surface area contributed by atoms with Crippen LogP contribution in [0.1, 0.15) is 24.8 Å². The maximum atomic E-state index is 12.5. The Bertz CT molecular complexity index is 742. The molecule has 2 aliphatic rings. The first-order valence-corrected chi connectivity index (χ1v) is 11.1. The number of rotatable bonds is 5. The van der Waals surface area contributed by atoms with Crippen LogP contribution in [0.5, 0.6) is 5.75 Å². The van der Waals surface area contributed by atoms with Gasteiger partial charge < -0.3 is 9.64 Å². The number of piperidine rings is 1. The van der Waals surface area contributed by atoms with Crippen LogP contribution in [0.15, 0.2) is 24.3 Å². The van der Waals surface area contributed by atoms with Crippen LogP contribution in [0.4, 0.5) is 0 Å². The molecule has 2 saturated heterocycles. The van der Waals surface area contributed by atoms with Gasteiger partial charge in [0.2, 0.25) is 5.91 Å². The standard InChI is InChI=1S/C19H28N2O4S/c1-15-4-3-5-18(12-15)25-17-6-9-21(10-7-17)19(22)13-20(2)16-8-11-26(23,24)14-16/h3-5,12,16-17H,6-11,13-14H2,1-2H3/t16-/m1/s1. The second kappa shape index (κ2) is 7.96. The number of likely N-dealkylation sites (N-methyl/N-ethyl adjacent to an activating group) is 1. The van der Waals surface area contributed by atoms with E-state index in [2.05, 4.69) is 0 Å². The normalized spacial score (nSPS) is 23.3. The Kier molecular flexibility index (Phi) is 5.87. The van der Waals surface area contributed by atoms with Gasteiger partial charge in [0.1, 0.15) is 11.9 Å². The minimum atomic E-state index is -2.92. The molecule has 0 N–H and O–H groups in total. The number of hydrogen-bond donors (Lipinski definition) is 0. The monoisotopic (exact) mass is 380 g/mol. The number of carbonyl (C=O) groups is 1. The van der Waals surface area contributed by atoms with Crippen LogP contribution in [-0.2, 0) is 14.6 Å². The maximum absolute atomic E-state index is 12.5. The van der Waals surface area contributed by atoms with Crippen molar-refractivity contribution in [2.45, 2.75) is 38.3 Å². The Hall–Kier alpha value is -1.60. The van der Waals surface area contributed by atoms with Crippen LogP contribution in [0.2, 0.25) is 0 Å². The van der Waals surface area contributed by atoms with E-state index in [1.165, 1.54) is 5.56 Å². The summed E-state index contributed by atoms with van der Waals surface area (Å²) < 4.78 is 29.2. The van der Waals surface area contributed by atoms with Gasteiger partial charge in [-0.25, -0.2) is 8.42 Å². The first kappa shape index (κ1) is 19.2. The molecule has 0 unspecified atom stereocenters. The molecule has 0 radical (unpaired) electrons.